The van der Waals surface area contributed by atoms with Gasteiger partial charge in [-0.25, -0.2) is 13.6 Å². The predicted octanol–water partition coefficient (Wildman–Crippen LogP) is 4.16. The van der Waals surface area contributed by atoms with Gasteiger partial charge in [0, 0.05) is 23.6 Å². The summed E-state index contributed by atoms with van der Waals surface area (Å²) in [5, 5.41) is 11.1. The minimum atomic E-state index is -3.32. The number of alkyl halides is 2. The number of ether oxygens (including phenoxy) is 1. The quantitative estimate of drug-likeness (QED) is 0.875. The lowest BCUT2D eigenvalue weighted by Crippen LogP contribution is -2.28. The summed E-state index contributed by atoms with van der Waals surface area (Å²) in [5.74, 6) is -3.32. The van der Waals surface area contributed by atoms with Crippen LogP contribution in [0, 0.1) is 0 Å². The molecule has 0 radical (unpaired) electrons. The molecule has 0 fully saturated rings. The fourth-order valence-corrected chi connectivity index (χ4v) is 1.79. The molecule has 118 valence electrons. The average Bonchev–Trinajstić information content (AvgIpc) is 2.28. The number of nitrogens with one attached hydrogen (secondary N) is 1. The van der Waals surface area contributed by atoms with Crippen LogP contribution in [-0.4, -0.2) is 23.4 Å². The highest BCUT2D eigenvalue weighted by Gasteiger charge is 2.34. The average molecular weight is 322 g/mol. The van der Waals surface area contributed by atoms with Crippen LogP contribution in [0.2, 0.25) is 5.02 Å². The Morgan fingerprint density at radius 1 is 1.38 bits per heavy atom. The van der Waals surface area contributed by atoms with Crippen molar-refractivity contribution in [2.45, 2.75) is 38.7 Å². The maximum absolute atomic E-state index is 14.0. The van der Waals surface area contributed by atoms with Crippen molar-refractivity contribution in [2.75, 3.05) is 11.9 Å². The van der Waals surface area contributed by atoms with E-state index < -0.39 is 36.2 Å². The molecular weight excluding hydrogens is 304 g/mol. The first kappa shape index (κ1) is 17.7. The summed E-state index contributed by atoms with van der Waals surface area (Å²) >= 11 is 5.73. The molecule has 0 unspecified atom stereocenters. The molecule has 4 nitrogen and oxygen atoms in total. The maximum atomic E-state index is 14.0. The lowest BCUT2D eigenvalue weighted by Gasteiger charge is -2.22. The molecular formula is C14H18ClF2NO3. The van der Waals surface area contributed by atoms with Crippen LogP contribution < -0.4 is 5.32 Å². The first-order chi connectivity index (χ1) is 9.55. The van der Waals surface area contributed by atoms with Crippen molar-refractivity contribution in [1.29, 1.82) is 0 Å². The molecule has 0 aliphatic rings. The van der Waals surface area contributed by atoms with Crippen LogP contribution in [0.4, 0.5) is 19.3 Å². The van der Waals surface area contributed by atoms with Gasteiger partial charge in [-0.2, -0.15) is 0 Å². The molecule has 7 heteroatoms. The van der Waals surface area contributed by atoms with Crippen molar-refractivity contribution in [1.82, 2.24) is 0 Å². The van der Waals surface area contributed by atoms with E-state index in [9.17, 15) is 13.6 Å². The molecule has 2 N–H and O–H groups in total. The minimum Gasteiger partial charge on any atom is -0.444 e. The van der Waals surface area contributed by atoms with Gasteiger partial charge in [-0.15, -0.1) is 0 Å². The molecule has 0 aliphatic carbocycles. The first-order valence-corrected chi connectivity index (χ1v) is 6.72. The van der Waals surface area contributed by atoms with Crippen LogP contribution >= 0.6 is 11.6 Å². The molecule has 21 heavy (non-hydrogen) atoms. The highest BCUT2D eigenvalue weighted by molar-refractivity contribution is 6.30. The fourth-order valence-electron chi connectivity index (χ4n) is 1.62. The van der Waals surface area contributed by atoms with Gasteiger partial charge in [0.25, 0.3) is 5.92 Å². The normalized spacial score (nSPS) is 12.1. The zero-order chi connectivity index (χ0) is 16.3. The second-order valence-electron chi connectivity index (χ2n) is 5.49. The van der Waals surface area contributed by atoms with Gasteiger partial charge in [-0.05, 0) is 39.0 Å². The van der Waals surface area contributed by atoms with Crippen molar-refractivity contribution < 1.29 is 23.4 Å². The molecule has 0 aromatic heterocycles. The Hall–Kier alpha value is -1.40. The Labute approximate surface area is 127 Å². The van der Waals surface area contributed by atoms with Crippen molar-refractivity contribution in [3.63, 3.8) is 0 Å². The summed E-state index contributed by atoms with van der Waals surface area (Å²) in [6.07, 6.45) is -1.61. The van der Waals surface area contributed by atoms with Crippen LogP contribution in [0.3, 0.4) is 0 Å². The third kappa shape index (κ3) is 5.47. The van der Waals surface area contributed by atoms with Gasteiger partial charge in [-0.3, -0.25) is 5.32 Å². The van der Waals surface area contributed by atoms with Crippen LogP contribution in [0.15, 0.2) is 18.2 Å². The van der Waals surface area contributed by atoms with E-state index in [1.807, 2.05) is 0 Å². The summed E-state index contributed by atoms with van der Waals surface area (Å²) in [4.78, 5) is 11.7. The van der Waals surface area contributed by atoms with Crippen molar-refractivity contribution >= 4 is 23.4 Å². The number of amides is 1. The van der Waals surface area contributed by atoms with Crippen LogP contribution in [0.25, 0.3) is 0 Å². The zero-order valence-corrected chi connectivity index (χ0v) is 12.8. The number of aliphatic hydroxyl groups excluding tert-OH is 1. The second-order valence-corrected chi connectivity index (χ2v) is 5.93. The molecule has 0 bridgehead atoms. The molecule has 1 rings (SSSR count). The van der Waals surface area contributed by atoms with Gasteiger partial charge in [0.2, 0.25) is 0 Å². The summed E-state index contributed by atoms with van der Waals surface area (Å²) in [6.45, 7) is 4.30. The monoisotopic (exact) mass is 321 g/mol. The van der Waals surface area contributed by atoms with E-state index in [1.54, 1.807) is 20.8 Å². The van der Waals surface area contributed by atoms with Gasteiger partial charge in [0.05, 0.1) is 5.69 Å². The number of halogens is 3. The fraction of sp³-hybridized carbons (Fsp3) is 0.500. The van der Waals surface area contributed by atoms with Gasteiger partial charge >= 0.3 is 6.09 Å². The molecule has 0 saturated carbocycles. The number of hydrogen-bond donors (Lipinski definition) is 2. The number of rotatable bonds is 4. The highest BCUT2D eigenvalue weighted by atomic mass is 35.5. The molecule has 0 heterocycles. The van der Waals surface area contributed by atoms with E-state index in [0.717, 1.165) is 6.07 Å². The molecule has 0 aliphatic heterocycles. The topological polar surface area (TPSA) is 58.6 Å². The van der Waals surface area contributed by atoms with Crippen molar-refractivity contribution in [3.8, 4) is 0 Å². The Morgan fingerprint density at radius 3 is 2.52 bits per heavy atom. The van der Waals surface area contributed by atoms with E-state index in [1.165, 1.54) is 12.1 Å². The summed E-state index contributed by atoms with van der Waals surface area (Å²) < 4.78 is 33.0. The second kappa shape index (κ2) is 6.58. The Kier molecular flexibility index (Phi) is 5.53. The lowest BCUT2D eigenvalue weighted by molar-refractivity contribution is -0.0262. The van der Waals surface area contributed by atoms with Gasteiger partial charge in [-0.1, -0.05) is 11.6 Å². The molecule has 1 amide bonds. The van der Waals surface area contributed by atoms with Crippen LogP contribution in [0.1, 0.15) is 32.8 Å². The minimum absolute atomic E-state index is 0.105. The van der Waals surface area contributed by atoms with Crippen molar-refractivity contribution in [2.24, 2.45) is 0 Å². The highest BCUT2D eigenvalue weighted by Crippen LogP contribution is 2.38. The number of anilines is 1. The third-order valence-corrected chi connectivity index (χ3v) is 2.67. The Balaban J connectivity index is 3.05. The third-order valence-electron chi connectivity index (χ3n) is 2.44. The number of hydrogen-bond acceptors (Lipinski definition) is 3. The van der Waals surface area contributed by atoms with Crippen LogP contribution in [-0.2, 0) is 10.7 Å². The zero-order valence-electron chi connectivity index (χ0n) is 12.0. The van der Waals surface area contributed by atoms with Crippen LogP contribution in [0.5, 0.6) is 0 Å². The smallest absolute Gasteiger partial charge is 0.412 e. The molecule has 1 aromatic carbocycles. The van der Waals surface area contributed by atoms with Crippen molar-refractivity contribution in [3.05, 3.63) is 28.8 Å². The molecule has 1 aromatic rings. The van der Waals surface area contributed by atoms with E-state index in [-0.39, 0.29) is 10.7 Å². The standard InChI is InChI=1S/C14H18ClF2NO3/c1-13(2,3)21-12(20)18-11-5-4-9(15)8-10(11)14(16,17)6-7-19/h4-5,8,19H,6-7H2,1-3H3,(H,18,20). The maximum Gasteiger partial charge on any atom is 0.412 e. The van der Waals surface area contributed by atoms with E-state index in [0.29, 0.717) is 0 Å². The Morgan fingerprint density at radius 2 is 2.00 bits per heavy atom. The summed E-state index contributed by atoms with van der Waals surface area (Å²) in [5.41, 5.74) is -1.31. The molecule has 0 saturated heterocycles. The van der Waals surface area contributed by atoms with Gasteiger partial charge in [0.15, 0.2) is 0 Å². The van der Waals surface area contributed by atoms with E-state index in [4.69, 9.17) is 21.4 Å². The predicted molar refractivity (Wildman–Crippen MR) is 76.9 cm³/mol. The first-order valence-electron chi connectivity index (χ1n) is 6.34. The number of aliphatic hydroxyl groups is 1. The molecule has 0 spiro atoms. The number of benzene rings is 1. The number of carbonyl (C=O) groups excluding carboxylic acids is 1. The van der Waals surface area contributed by atoms with E-state index in [2.05, 4.69) is 5.32 Å². The summed E-state index contributed by atoms with van der Waals surface area (Å²) in [6, 6.07) is 3.71. The van der Waals surface area contributed by atoms with E-state index >= 15 is 0 Å². The summed E-state index contributed by atoms with van der Waals surface area (Å²) in [7, 11) is 0. The molecule has 0 atom stereocenters. The number of carbonyl (C=O) groups is 1. The SMILES string of the molecule is CC(C)(C)OC(=O)Nc1ccc(Cl)cc1C(F)(F)CCO. The van der Waals surface area contributed by atoms with Gasteiger partial charge in [0.1, 0.15) is 5.60 Å². The lowest BCUT2D eigenvalue weighted by atomic mass is 10.0. The Bertz CT molecular complexity index is 515. The van der Waals surface area contributed by atoms with Gasteiger partial charge < -0.3 is 9.84 Å². The largest absolute Gasteiger partial charge is 0.444 e.